The van der Waals surface area contributed by atoms with Gasteiger partial charge in [0.1, 0.15) is 12.0 Å². The molecule has 1 rings (SSSR count). The molecule has 0 saturated carbocycles. The van der Waals surface area contributed by atoms with Crippen molar-refractivity contribution in [1.29, 1.82) is 0 Å². The van der Waals surface area contributed by atoms with Crippen LogP contribution in [-0.4, -0.2) is 41.4 Å². The molecule has 0 amide bonds. The van der Waals surface area contributed by atoms with Gasteiger partial charge in [-0.1, -0.05) is 0 Å². The van der Waals surface area contributed by atoms with Crippen LogP contribution in [0.4, 0.5) is 11.5 Å². The van der Waals surface area contributed by atoms with Gasteiger partial charge in [-0.15, -0.1) is 0 Å². The number of rotatable bonds is 5. The second-order valence-corrected chi connectivity index (χ2v) is 3.58. The lowest BCUT2D eigenvalue weighted by Crippen LogP contribution is -2.28. The van der Waals surface area contributed by atoms with Crippen molar-refractivity contribution in [1.82, 2.24) is 9.97 Å². The van der Waals surface area contributed by atoms with E-state index in [0.29, 0.717) is 30.5 Å². The lowest BCUT2D eigenvalue weighted by molar-refractivity contribution is 0.201. The zero-order valence-electron chi connectivity index (χ0n) is 9.84. The fraction of sp³-hybridized carbons (Fsp3) is 0.600. The second-order valence-electron chi connectivity index (χ2n) is 3.58. The molecular weight excluding hydrogens is 208 g/mol. The quantitative estimate of drug-likeness (QED) is 0.750. The standard InChI is InChI=1S/C10H18N4O2/c1-4-16-10-8(11)9(12-6-13-10)14(3)5-7(2)15/h6-7,15H,4-5,11H2,1-3H3. The van der Waals surface area contributed by atoms with Gasteiger partial charge < -0.3 is 20.5 Å². The van der Waals surface area contributed by atoms with Gasteiger partial charge in [0, 0.05) is 13.6 Å². The molecule has 1 aromatic rings. The lowest BCUT2D eigenvalue weighted by Gasteiger charge is -2.21. The summed E-state index contributed by atoms with van der Waals surface area (Å²) in [5.74, 6) is 0.948. The fourth-order valence-corrected chi connectivity index (χ4v) is 1.41. The minimum Gasteiger partial charge on any atom is -0.476 e. The number of hydrogen-bond donors (Lipinski definition) is 2. The Kier molecular flexibility index (Phi) is 4.30. The average molecular weight is 226 g/mol. The molecule has 0 saturated heterocycles. The Labute approximate surface area is 95.1 Å². The Morgan fingerprint density at radius 1 is 1.56 bits per heavy atom. The third-order valence-electron chi connectivity index (χ3n) is 2.01. The lowest BCUT2D eigenvalue weighted by atomic mass is 10.3. The summed E-state index contributed by atoms with van der Waals surface area (Å²) < 4.78 is 5.27. The van der Waals surface area contributed by atoms with Crippen molar-refractivity contribution in [2.24, 2.45) is 0 Å². The molecule has 0 aliphatic carbocycles. The molecule has 1 heterocycles. The van der Waals surface area contributed by atoms with Gasteiger partial charge in [0.25, 0.3) is 0 Å². The van der Waals surface area contributed by atoms with Crippen LogP contribution in [0.25, 0.3) is 0 Å². The number of nitrogens with two attached hydrogens (primary N) is 1. The normalized spacial score (nSPS) is 12.2. The van der Waals surface area contributed by atoms with E-state index in [-0.39, 0.29) is 0 Å². The number of nitrogen functional groups attached to an aromatic ring is 1. The van der Waals surface area contributed by atoms with Crippen LogP contribution in [0.15, 0.2) is 6.33 Å². The smallest absolute Gasteiger partial charge is 0.242 e. The summed E-state index contributed by atoms with van der Waals surface area (Å²) in [5.41, 5.74) is 6.27. The molecule has 1 aromatic heterocycles. The van der Waals surface area contributed by atoms with Gasteiger partial charge in [0.15, 0.2) is 5.82 Å². The number of anilines is 2. The highest BCUT2D eigenvalue weighted by Gasteiger charge is 2.13. The van der Waals surface area contributed by atoms with E-state index in [4.69, 9.17) is 10.5 Å². The van der Waals surface area contributed by atoms with E-state index in [2.05, 4.69) is 9.97 Å². The molecule has 6 heteroatoms. The highest BCUT2D eigenvalue weighted by Crippen LogP contribution is 2.26. The van der Waals surface area contributed by atoms with Gasteiger partial charge in [-0.25, -0.2) is 4.98 Å². The summed E-state index contributed by atoms with van der Waals surface area (Å²) in [6, 6.07) is 0. The van der Waals surface area contributed by atoms with Crippen LogP contribution in [0.3, 0.4) is 0 Å². The molecule has 3 N–H and O–H groups in total. The summed E-state index contributed by atoms with van der Waals surface area (Å²) in [6.45, 7) is 4.52. The summed E-state index contributed by atoms with van der Waals surface area (Å²) in [5, 5.41) is 9.29. The van der Waals surface area contributed by atoms with Gasteiger partial charge in [0.05, 0.1) is 12.7 Å². The summed E-state index contributed by atoms with van der Waals surface area (Å²) in [4.78, 5) is 9.78. The predicted octanol–water partition coefficient (Wildman–Crippen LogP) is 0.274. The molecule has 1 unspecified atom stereocenters. The maximum atomic E-state index is 9.29. The number of aliphatic hydroxyl groups excluding tert-OH is 1. The molecule has 0 spiro atoms. The zero-order chi connectivity index (χ0) is 12.1. The molecule has 6 nitrogen and oxygen atoms in total. The first-order valence-corrected chi connectivity index (χ1v) is 5.18. The maximum Gasteiger partial charge on any atom is 0.242 e. The van der Waals surface area contributed by atoms with Crippen LogP contribution in [-0.2, 0) is 0 Å². The van der Waals surface area contributed by atoms with Crippen molar-refractivity contribution in [3.05, 3.63) is 6.33 Å². The first-order valence-electron chi connectivity index (χ1n) is 5.18. The molecule has 0 bridgehead atoms. The van der Waals surface area contributed by atoms with Crippen LogP contribution < -0.4 is 15.4 Å². The largest absolute Gasteiger partial charge is 0.476 e. The third-order valence-corrected chi connectivity index (χ3v) is 2.01. The number of aliphatic hydroxyl groups is 1. The molecule has 0 aromatic carbocycles. The van der Waals surface area contributed by atoms with Gasteiger partial charge in [-0.2, -0.15) is 4.98 Å². The van der Waals surface area contributed by atoms with Crippen LogP contribution >= 0.6 is 0 Å². The minimum absolute atomic E-state index is 0.380. The average Bonchev–Trinajstić information content (AvgIpc) is 2.20. The summed E-state index contributed by atoms with van der Waals surface area (Å²) in [7, 11) is 1.81. The van der Waals surface area contributed by atoms with Crippen molar-refractivity contribution in [2.75, 3.05) is 30.8 Å². The summed E-state index contributed by atoms with van der Waals surface area (Å²) in [6.07, 6.45) is 0.949. The first-order chi connectivity index (χ1) is 7.56. The van der Waals surface area contributed by atoms with Gasteiger partial charge in [-0.05, 0) is 13.8 Å². The molecule has 0 fully saturated rings. The Morgan fingerprint density at radius 2 is 2.25 bits per heavy atom. The van der Waals surface area contributed by atoms with Crippen molar-refractivity contribution >= 4 is 11.5 Å². The SMILES string of the molecule is CCOc1ncnc(N(C)CC(C)O)c1N. The Balaban J connectivity index is 2.91. The first kappa shape index (κ1) is 12.5. The number of ether oxygens (including phenoxy) is 1. The van der Waals surface area contributed by atoms with Crippen LogP contribution in [0.1, 0.15) is 13.8 Å². The number of aromatic nitrogens is 2. The maximum absolute atomic E-state index is 9.29. The van der Waals surface area contributed by atoms with Gasteiger partial charge in [0.2, 0.25) is 5.88 Å². The summed E-state index contributed by atoms with van der Waals surface area (Å²) >= 11 is 0. The van der Waals surface area contributed by atoms with Crippen molar-refractivity contribution in [3.8, 4) is 5.88 Å². The van der Waals surface area contributed by atoms with Crippen LogP contribution in [0.2, 0.25) is 0 Å². The number of nitrogens with zero attached hydrogens (tertiary/aromatic N) is 3. The molecule has 0 aliphatic rings. The molecule has 0 radical (unpaired) electrons. The minimum atomic E-state index is -0.449. The second kappa shape index (κ2) is 5.50. The van der Waals surface area contributed by atoms with Crippen LogP contribution in [0, 0.1) is 0 Å². The van der Waals surface area contributed by atoms with Crippen molar-refractivity contribution in [2.45, 2.75) is 20.0 Å². The van der Waals surface area contributed by atoms with Gasteiger partial charge in [-0.3, -0.25) is 0 Å². The van der Waals surface area contributed by atoms with Crippen molar-refractivity contribution in [3.63, 3.8) is 0 Å². The van der Waals surface area contributed by atoms with Crippen molar-refractivity contribution < 1.29 is 9.84 Å². The highest BCUT2D eigenvalue weighted by atomic mass is 16.5. The van der Waals surface area contributed by atoms with Gasteiger partial charge >= 0.3 is 0 Å². The predicted molar refractivity (Wildman–Crippen MR) is 62.6 cm³/mol. The van der Waals surface area contributed by atoms with Crippen LogP contribution in [0.5, 0.6) is 5.88 Å². The topological polar surface area (TPSA) is 84.5 Å². The molecule has 0 aliphatic heterocycles. The Bertz CT molecular complexity index is 344. The Hall–Kier alpha value is -1.56. The monoisotopic (exact) mass is 226 g/mol. The van der Waals surface area contributed by atoms with E-state index in [0.717, 1.165) is 0 Å². The molecule has 90 valence electrons. The van der Waals surface area contributed by atoms with E-state index in [1.54, 1.807) is 18.9 Å². The number of hydrogen-bond acceptors (Lipinski definition) is 6. The van der Waals surface area contributed by atoms with E-state index < -0.39 is 6.10 Å². The molecule has 1 atom stereocenters. The van der Waals surface area contributed by atoms with E-state index in [1.165, 1.54) is 6.33 Å². The molecular formula is C10H18N4O2. The third kappa shape index (κ3) is 2.96. The number of likely N-dealkylation sites (N-methyl/N-ethyl adjacent to an activating group) is 1. The zero-order valence-corrected chi connectivity index (χ0v) is 9.84. The van der Waals surface area contributed by atoms with E-state index >= 15 is 0 Å². The Morgan fingerprint density at radius 3 is 2.81 bits per heavy atom. The molecule has 16 heavy (non-hydrogen) atoms. The van der Waals surface area contributed by atoms with E-state index in [9.17, 15) is 5.11 Å². The highest BCUT2D eigenvalue weighted by molar-refractivity contribution is 5.67. The van der Waals surface area contributed by atoms with E-state index in [1.807, 2.05) is 6.92 Å². The fourth-order valence-electron chi connectivity index (χ4n) is 1.41.